The molecular weight excluding hydrogens is 668 g/mol. The van der Waals surface area contributed by atoms with E-state index in [1.165, 1.54) is 0 Å². The second kappa shape index (κ2) is 13.0. The first-order valence-electron chi connectivity index (χ1n) is 17.3. The van der Waals surface area contributed by atoms with Crippen LogP contribution in [0.15, 0.2) is 24.4 Å². The first-order valence-corrected chi connectivity index (χ1v) is 17.6. The van der Waals surface area contributed by atoms with Gasteiger partial charge in [-0.3, -0.25) is 5.10 Å². The number of nitrogens with one attached hydrogen (secondary N) is 1. The molecule has 1 amide bonds. The number of H-pyrrole nitrogens is 1. The maximum atomic E-state index is 14.2. The number of halogens is 3. The summed E-state index contributed by atoms with van der Waals surface area (Å²) in [5.74, 6) is -1.93. The summed E-state index contributed by atoms with van der Waals surface area (Å²) < 4.78 is 46.9. The van der Waals surface area contributed by atoms with Gasteiger partial charge in [0.05, 0.1) is 16.7 Å². The number of alkyl halides is 2. The number of piperazine rings is 1. The molecule has 3 aliphatic rings. The van der Waals surface area contributed by atoms with Gasteiger partial charge in [0.2, 0.25) is 0 Å². The summed E-state index contributed by atoms with van der Waals surface area (Å²) in [6, 6.07) is 5.92. The van der Waals surface area contributed by atoms with Crippen molar-refractivity contribution in [2.75, 3.05) is 44.7 Å². The number of ether oxygens (including phenoxy) is 3. The number of fused-ring (bicyclic) bond motifs is 2. The molecule has 0 radical (unpaired) electrons. The van der Waals surface area contributed by atoms with Gasteiger partial charge in [-0.15, -0.1) is 0 Å². The van der Waals surface area contributed by atoms with Crippen molar-refractivity contribution in [2.45, 2.75) is 90.0 Å². The largest absolute Gasteiger partial charge is 0.487 e. The lowest BCUT2D eigenvalue weighted by molar-refractivity contribution is -0.134. The quantitative estimate of drug-likeness (QED) is 0.212. The molecule has 4 heterocycles. The Bertz CT molecular complexity index is 1920. The fourth-order valence-corrected chi connectivity index (χ4v) is 7.53. The van der Waals surface area contributed by atoms with Gasteiger partial charge < -0.3 is 28.9 Å². The Balaban J connectivity index is 1.37. The number of carbonyl (C=O) groups is 1. The highest BCUT2D eigenvalue weighted by atomic mass is 35.5. The molecule has 1 aliphatic carbocycles. The van der Waals surface area contributed by atoms with E-state index in [4.69, 9.17) is 35.8 Å². The molecule has 0 unspecified atom stereocenters. The van der Waals surface area contributed by atoms with Crippen LogP contribution in [0.5, 0.6) is 11.8 Å². The van der Waals surface area contributed by atoms with Gasteiger partial charge in [-0.25, -0.2) is 13.6 Å². The lowest BCUT2D eigenvalue weighted by Gasteiger charge is -2.41. The van der Waals surface area contributed by atoms with Crippen molar-refractivity contribution in [1.29, 1.82) is 0 Å². The summed E-state index contributed by atoms with van der Waals surface area (Å²) in [6.07, 6.45) is 1.88. The van der Waals surface area contributed by atoms with E-state index < -0.39 is 30.5 Å². The first-order chi connectivity index (χ1) is 23.7. The minimum absolute atomic E-state index is 0.157. The number of carbonyl (C=O) groups excluding carboxylic acids is 1. The Morgan fingerprint density at radius 1 is 1.12 bits per heavy atom. The monoisotopic (exact) mass is 711 g/mol. The predicted octanol–water partition coefficient (Wildman–Crippen LogP) is 7.23. The van der Waals surface area contributed by atoms with E-state index in [-0.39, 0.29) is 24.2 Å². The number of aromatic amines is 1. The van der Waals surface area contributed by atoms with Crippen molar-refractivity contribution < 1.29 is 27.8 Å². The number of likely N-dealkylation sites (N-methyl/N-ethyl adjacent to an activating group) is 1. The molecule has 3 fully saturated rings. The summed E-state index contributed by atoms with van der Waals surface area (Å²) in [4.78, 5) is 29.0. The van der Waals surface area contributed by atoms with E-state index in [0.717, 1.165) is 41.4 Å². The molecule has 2 atom stereocenters. The van der Waals surface area contributed by atoms with E-state index in [0.29, 0.717) is 59.3 Å². The van der Waals surface area contributed by atoms with Crippen LogP contribution in [0.4, 0.5) is 19.4 Å². The fraction of sp³-hybridized carbons (Fsp3) is 0.556. The zero-order chi connectivity index (χ0) is 35.5. The van der Waals surface area contributed by atoms with E-state index >= 15 is 0 Å². The summed E-state index contributed by atoms with van der Waals surface area (Å²) in [5, 5.41) is 9.05. The van der Waals surface area contributed by atoms with Gasteiger partial charge in [0.15, 0.2) is 5.75 Å². The second-order valence-electron chi connectivity index (χ2n) is 14.9. The van der Waals surface area contributed by atoms with Crippen LogP contribution in [-0.4, -0.2) is 106 Å². The molecule has 268 valence electrons. The summed E-state index contributed by atoms with van der Waals surface area (Å²) in [7, 11) is 2.08. The number of hydrogen-bond acceptors (Lipinski definition) is 9. The maximum Gasteiger partial charge on any atom is 0.410 e. The van der Waals surface area contributed by atoms with Crippen molar-refractivity contribution in [3.05, 3.63) is 35.0 Å². The smallest absolute Gasteiger partial charge is 0.410 e. The first kappa shape index (κ1) is 34.5. The van der Waals surface area contributed by atoms with Crippen LogP contribution in [0.1, 0.15) is 58.9 Å². The maximum absolute atomic E-state index is 14.2. The van der Waals surface area contributed by atoms with Crippen LogP contribution in [0, 0.1) is 6.92 Å². The van der Waals surface area contributed by atoms with Gasteiger partial charge in [0.1, 0.15) is 29.6 Å². The van der Waals surface area contributed by atoms with Gasteiger partial charge in [-0.05, 0) is 78.7 Å². The van der Waals surface area contributed by atoms with Crippen molar-refractivity contribution in [3.63, 3.8) is 0 Å². The number of amides is 1. The van der Waals surface area contributed by atoms with Gasteiger partial charge in [-0.1, -0.05) is 17.7 Å². The van der Waals surface area contributed by atoms with Gasteiger partial charge in [0.25, 0.3) is 5.92 Å². The lowest BCUT2D eigenvalue weighted by atomic mass is 9.90. The van der Waals surface area contributed by atoms with Crippen molar-refractivity contribution in [1.82, 2.24) is 30.0 Å². The molecule has 1 saturated carbocycles. The van der Waals surface area contributed by atoms with Crippen molar-refractivity contribution in [3.8, 4) is 22.9 Å². The summed E-state index contributed by atoms with van der Waals surface area (Å²) in [5.41, 5.74) is 2.83. The highest BCUT2D eigenvalue weighted by molar-refractivity contribution is 6.35. The molecule has 4 aromatic rings. The van der Waals surface area contributed by atoms with Crippen LogP contribution in [0.3, 0.4) is 0 Å². The average Bonchev–Trinajstić information content (AvgIpc) is 3.67. The van der Waals surface area contributed by atoms with Crippen molar-refractivity contribution in [2.24, 2.45) is 0 Å². The highest BCUT2D eigenvalue weighted by Gasteiger charge is 2.47. The summed E-state index contributed by atoms with van der Waals surface area (Å²) >= 11 is 7.22. The third kappa shape index (κ3) is 6.73. The Morgan fingerprint density at radius 3 is 2.58 bits per heavy atom. The van der Waals surface area contributed by atoms with Gasteiger partial charge >= 0.3 is 12.1 Å². The summed E-state index contributed by atoms with van der Waals surface area (Å²) in [6.45, 7) is 12.2. The number of nitrogens with zero attached hydrogens (tertiary/aromatic N) is 6. The Hall–Kier alpha value is -3.97. The second-order valence-corrected chi connectivity index (χ2v) is 15.3. The lowest BCUT2D eigenvalue weighted by Crippen LogP contribution is -2.55. The number of rotatable bonds is 7. The van der Waals surface area contributed by atoms with Gasteiger partial charge in [-0.2, -0.15) is 15.1 Å². The van der Waals surface area contributed by atoms with Crippen LogP contribution < -0.4 is 14.4 Å². The molecule has 2 aromatic heterocycles. The Labute approximate surface area is 295 Å². The van der Waals surface area contributed by atoms with Crippen LogP contribution in [0.2, 0.25) is 5.02 Å². The standard InChI is InChI=1S/C36H44ClF2N7O4/c1-20-9-10-27-25(17-40-43-27)28(20)29-26(37)14-24-30(31(29)49-23-15-36(38,39)16-23)41-33(48-19-22-8-7-11-44(22)6)42-32(24)46-13-12-45(18-21(46)2)34(47)50-35(3,4)5/h9-10,14,17,21-23H,7-8,11-13,15-16,18-19H2,1-6H3,(H,40,43)/t21-,22-/m0/s1. The zero-order valence-corrected chi connectivity index (χ0v) is 30.1. The Morgan fingerprint density at radius 2 is 1.90 bits per heavy atom. The number of benzene rings is 2. The molecule has 2 saturated heterocycles. The fourth-order valence-electron chi connectivity index (χ4n) is 7.24. The minimum Gasteiger partial charge on any atom is -0.487 e. The number of likely N-dealkylation sites (tertiary alicyclic amines) is 1. The number of aromatic nitrogens is 4. The number of hydrogen-bond donors (Lipinski definition) is 1. The SMILES string of the molecule is Cc1ccc2[nH]ncc2c1-c1c(Cl)cc2c(N3CCN(C(=O)OC(C)(C)C)C[C@@H]3C)nc(OC[C@@H]3CCCN3C)nc2c1OC1CC(F)(F)C1. The normalized spacial score (nSPS) is 21.5. The number of aryl methyl sites for hydroxylation is 1. The third-order valence-corrected chi connectivity index (χ3v) is 10.2. The van der Waals surface area contributed by atoms with Gasteiger partial charge in [0, 0.05) is 66.5 Å². The molecule has 11 nitrogen and oxygen atoms in total. The molecule has 2 aromatic carbocycles. The average molecular weight is 712 g/mol. The zero-order valence-electron chi connectivity index (χ0n) is 29.4. The molecule has 7 rings (SSSR count). The molecule has 50 heavy (non-hydrogen) atoms. The third-order valence-electron chi connectivity index (χ3n) is 9.90. The topological polar surface area (TPSA) is 109 Å². The van der Waals surface area contributed by atoms with Crippen molar-refractivity contribution >= 4 is 45.3 Å². The predicted molar refractivity (Wildman–Crippen MR) is 189 cm³/mol. The van der Waals surface area contributed by atoms with E-state index in [2.05, 4.69) is 27.0 Å². The van der Waals surface area contributed by atoms with Crippen LogP contribution >= 0.6 is 11.6 Å². The van der Waals surface area contributed by atoms with E-state index in [1.807, 2.05) is 52.8 Å². The van der Waals surface area contributed by atoms with Crippen LogP contribution in [0.25, 0.3) is 32.9 Å². The molecular formula is C36H44ClF2N7O4. The van der Waals surface area contributed by atoms with Crippen LogP contribution in [-0.2, 0) is 4.74 Å². The molecule has 2 aliphatic heterocycles. The molecule has 0 bridgehead atoms. The highest BCUT2D eigenvalue weighted by Crippen LogP contribution is 2.50. The Kier molecular flexibility index (Phi) is 8.95. The molecule has 1 N–H and O–H groups in total. The minimum atomic E-state index is -2.80. The molecule has 0 spiro atoms. The van der Waals surface area contributed by atoms with E-state index in [1.54, 1.807) is 11.1 Å². The molecule has 14 heteroatoms. The number of anilines is 1. The van der Waals surface area contributed by atoms with E-state index in [9.17, 15) is 13.6 Å².